The van der Waals surface area contributed by atoms with Crippen molar-refractivity contribution in [1.29, 1.82) is 0 Å². The van der Waals surface area contributed by atoms with Crippen LogP contribution in [0.5, 0.6) is 17.4 Å². The van der Waals surface area contributed by atoms with Gasteiger partial charge in [-0.25, -0.2) is 9.97 Å². The monoisotopic (exact) mass is 432 g/mol. The molecular formula is C23H20N4O3S. The Hall–Kier alpha value is -3.91. The summed E-state index contributed by atoms with van der Waals surface area (Å²) < 4.78 is 11.4. The Morgan fingerprint density at radius 2 is 1.65 bits per heavy atom. The molecule has 2 aromatic carbocycles. The third-order valence-electron chi connectivity index (χ3n) is 4.08. The van der Waals surface area contributed by atoms with Crippen LogP contribution >= 0.6 is 11.3 Å². The zero-order valence-corrected chi connectivity index (χ0v) is 17.4. The zero-order chi connectivity index (χ0) is 21.3. The second-order valence-electron chi connectivity index (χ2n) is 6.38. The Bertz CT molecular complexity index is 1120. The standard InChI is InChI=1S/C23H20N4O3S/c24-23(17-11-12-21(25-13-17)30-20-9-5-2-6-10-20)27-29-14-18-16-31-22(26-18)15-28-19-7-3-1-4-8-19/h1-13,16H,14-15H2,(H2,24,27). The second-order valence-corrected chi connectivity index (χ2v) is 7.33. The highest BCUT2D eigenvalue weighted by molar-refractivity contribution is 7.09. The van der Waals surface area contributed by atoms with Crippen LogP contribution in [-0.2, 0) is 18.1 Å². The molecule has 4 aromatic rings. The van der Waals surface area contributed by atoms with Gasteiger partial charge >= 0.3 is 0 Å². The molecule has 0 radical (unpaired) electrons. The second kappa shape index (κ2) is 10.2. The summed E-state index contributed by atoms with van der Waals surface area (Å²) in [6.45, 7) is 0.619. The lowest BCUT2D eigenvalue weighted by Gasteiger charge is -2.05. The van der Waals surface area contributed by atoms with Crippen LogP contribution in [0.25, 0.3) is 0 Å². The molecule has 0 aliphatic rings. The molecule has 0 saturated heterocycles. The van der Waals surface area contributed by atoms with Gasteiger partial charge in [-0.3, -0.25) is 0 Å². The lowest BCUT2D eigenvalue weighted by Crippen LogP contribution is -2.14. The molecule has 0 spiro atoms. The maximum atomic E-state index is 5.99. The van der Waals surface area contributed by atoms with E-state index in [-0.39, 0.29) is 12.4 Å². The number of nitrogens with two attached hydrogens (primary N) is 1. The van der Waals surface area contributed by atoms with Gasteiger partial charge in [-0.1, -0.05) is 41.6 Å². The molecule has 4 rings (SSSR count). The average Bonchev–Trinajstić information content (AvgIpc) is 3.27. The van der Waals surface area contributed by atoms with Crippen molar-refractivity contribution in [1.82, 2.24) is 9.97 Å². The fourth-order valence-corrected chi connectivity index (χ4v) is 3.26. The first-order valence-corrected chi connectivity index (χ1v) is 10.4. The topological polar surface area (TPSA) is 91.9 Å². The maximum Gasteiger partial charge on any atom is 0.219 e. The molecule has 2 aromatic heterocycles. The lowest BCUT2D eigenvalue weighted by atomic mass is 10.3. The number of benzene rings is 2. The largest absolute Gasteiger partial charge is 0.486 e. The minimum atomic E-state index is 0.213. The summed E-state index contributed by atoms with van der Waals surface area (Å²) >= 11 is 1.51. The highest BCUT2D eigenvalue weighted by Crippen LogP contribution is 2.19. The van der Waals surface area contributed by atoms with Gasteiger partial charge in [0, 0.05) is 23.2 Å². The van der Waals surface area contributed by atoms with E-state index in [1.807, 2.05) is 66.0 Å². The molecule has 0 fully saturated rings. The Labute approximate surface area is 183 Å². The van der Waals surface area contributed by atoms with Crippen LogP contribution < -0.4 is 15.2 Å². The van der Waals surface area contributed by atoms with Crippen molar-refractivity contribution in [3.8, 4) is 17.4 Å². The van der Waals surface area contributed by atoms with Crippen LogP contribution in [-0.4, -0.2) is 15.8 Å². The predicted octanol–water partition coefficient (Wildman–Crippen LogP) is 4.75. The number of para-hydroxylation sites is 2. The van der Waals surface area contributed by atoms with Gasteiger partial charge in [0.1, 0.15) is 23.1 Å². The summed E-state index contributed by atoms with van der Waals surface area (Å²) in [6.07, 6.45) is 1.59. The van der Waals surface area contributed by atoms with Crippen molar-refractivity contribution in [3.05, 3.63) is 101 Å². The first-order chi connectivity index (χ1) is 15.3. The summed E-state index contributed by atoms with van der Waals surface area (Å²) in [5.41, 5.74) is 7.38. The third-order valence-corrected chi connectivity index (χ3v) is 4.95. The zero-order valence-electron chi connectivity index (χ0n) is 16.5. The molecule has 0 saturated carbocycles. The van der Waals surface area contributed by atoms with Crippen LogP contribution in [0.1, 0.15) is 16.3 Å². The van der Waals surface area contributed by atoms with Crippen LogP contribution in [0.4, 0.5) is 0 Å². The number of amidine groups is 1. The molecular weight excluding hydrogens is 412 g/mol. The van der Waals surface area contributed by atoms with E-state index in [0.29, 0.717) is 23.8 Å². The van der Waals surface area contributed by atoms with E-state index in [2.05, 4.69) is 15.1 Å². The summed E-state index contributed by atoms with van der Waals surface area (Å²) in [6, 6.07) is 22.5. The maximum absolute atomic E-state index is 5.99. The number of nitrogens with zero attached hydrogens (tertiary/aromatic N) is 3. The van der Waals surface area contributed by atoms with Crippen molar-refractivity contribution in [2.45, 2.75) is 13.2 Å². The first-order valence-electron chi connectivity index (χ1n) is 9.52. The molecule has 0 bridgehead atoms. The van der Waals surface area contributed by atoms with E-state index in [9.17, 15) is 0 Å². The van der Waals surface area contributed by atoms with E-state index < -0.39 is 0 Å². The Morgan fingerprint density at radius 1 is 0.903 bits per heavy atom. The van der Waals surface area contributed by atoms with Crippen LogP contribution in [0.15, 0.2) is 89.5 Å². The molecule has 31 heavy (non-hydrogen) atoms. The highest BCUT2D eigenvalue weighted by Gasteiger charge is 2.06. The van der Waals surface area contributed by atoms with Crippen molar-refractivity contribution in [2.75, 3.05) is 0 Å². The van der Waals surface area contributed by atoms with Gasteiger partial charge in [-0.05, 0) is 30.3 Å². The van der Waals surface area contributed by atoms with Crippen molar-refractivity contribution >= 4 is 17.2 Å². The Balaban J connectivity index is 1.26. The highest BCUT2D eigenvalue weighted by atomic mass is 32.1. The average molecular weight is 433 g/mol. The molecule has 2 heterocycles. The molecule has 2 N–H and O–H groups in total. The Morgan fingerprint density at radius 3 is 2.35 bits per heavy atom. The molecule has 7 nitrogen and oxygen atoms in total. The smallest absolute Gasteiger partial charge is 0.219 e. The number of oxime groups is 1. The number of ether oxygens (including phenoxy) is 2. The van der Waals surface area contributed by atoms with Gasteiger partial charge in [0.05, 0.1) is 5.69 Å². The fraction of sp³-hybridized carbons (Fsp3) is 0.0870. The minimum absolute atomic E-state index is 0.213. The number of rotatable bonds is 9. The summed E-state index contributed by atoms with van der Waals surface area (Å²) in [5, 5.41) is 6.72. The molecule has 0 aliphatic heterocycles. The number of pyridine rings is 1. The molecule has 0 amide bonds. The molecule has 0 unspecified atom stereocenters. The van der Waals surface area contributed by atoms with Gasteiger partial charge in [0.15, 0.2) is 12.4 Å². The summed E-state index contributed by atoms with van der Waals surface area (Å²) in [7, 11) is 0. The van der Waals surface area contributed by atoms with Gasteiger partial charge in [0.2, 0.25) is 5.88 Å². The van der Waals surface area contributed by atoms with Gasteiger partial charge in [-0.15, -0.1) is 11.3 Å². The van der Waals surface area contributed by atoms with E-state index in [0.717, 1.165) is 16.5 Å². The van der Waals surface area contributed by atoms with E-state index in [1.54, 1.807) is 18.3 Å². The summed E-state index contributed by atoms with van der Waals surface area (Å²) in [4.78, 5) is 14.1. The van der Waals surface area contributed by atoms with Crippen LogP contribution in [0.3, 0.4) is 0 Å². The van der Waals surface area contributed by atoms with Crippen molar-refractivity contribution in [2.24, 2.45) is 10.9 Å². The normalized spacial score (nSPS) is 11.2. The third kappa shape index (κ3) is 6.03. The lowest BCUT2D eigenvalue weighted by molar-refractivity contribution is 0.127. The summed E-state index contributed by atoms with van der Waals surface area (Å²) in [5.74, 6) is 2.21. The minimum Gasteiger partial charge on any atom is -0.486 e. The fourth-order valence-electron chi connectivity index (χ4n) is 2.57. The van der Waals surface area contributed by atoms with E-state index in [4.69, 9.17) is 20.0 Å². The molecule has 0 aliphatic carbocycles. The molecule has 8 heteroatoms. The van der Waals surface area contributed by atoms with Gasteiger partial charge < -0.3 is 20.0 Å². The number of hydrogen-bond donors (Lipinski definition) is 1. The van der Waals surface area contributed by atoms with E-state index in [1.165, 1.54) is 11.3 Å². The SMILES string of the molecule is N/C(=N/OCc1csc(COc2ccccc2)n1)c1ccc(Oc2ccccc2)nc1. The number of thiazole rings is 1. The number of aromatic nitrogens is 2. The number of hydrogen-bond acceptors (Lipinski definition) is 7. The first kappa shape index (κ1) is 20.4. The van der Waals surface area contributed by atoms with Crippen LogP contribution in [0, 0.1) is 0 Å². The van der Waals surface area contributed by atoms with Crippen molar-refractivity contribution in [3.63, 3.8) is 0 Å². The quantitative estimate of drug-likeness (QED) is 0.233. The van der Waals surface area contributed by atoms with Crippen molar-refractivity contribution < 1.29 is 14.3 Å². The van der Waals surface area contributed by atoms with Gasteiger partial charge in [0.25, 0.3) is 0 Å². The van der Waals surface area contributed by atoms with Gasteiger partial charge in [-0.2, -0.15) is 0 Å². The predicted molar refractivity (Wildman–Crippen MR) is 119 cm³/mol. The van der Waals surface area contributed by atoms with Crippen LogP contribution in [0.2, 0.25) is 0 Å². The van der Waals surface area contributed by atoms with E-state index >= 15 is 0 Å². The molecule has 0 atom stereocenters. The molecule has 156 valence electrons. The Kier molecular flexibility index (Phi) is 6.71.